The molecule has 1 amide bonds. The van der Waals surface area contributed by atoms with Crippen LogP contribution in [0, 0.1) is 46.3 Å². The number of rotatable bonds is 16. The van der Waals surface area contributed by atoms with Gasteiger partial charge in [0.25, 0.3) is 0 Å². The van der Waals surface area contributed by atoms with Gasteiger partial charge in [-0.15, -0.1) is 0 Å². The number of carbonyl (C=O) groups excluding carboxylic acids is 1. The Hall–Kier alpha value is -0.730. The highest BCUT2D eigenvalue weighted by molar-refractivity contribution is 5.75. The quantitative estimate of drug-likeness (QED) is 0.153. The van der Waals surface area contributed by atoms with Gasteiger partial charge in [-0.3, -0.25) is 4.79 Å². The summed E-state index contributed by atoms with van der Waals surface area (Å²) < 4.78 is 0. The molecule has 7 N–H and O–H groups in total. The number of unbranched alkanes of at least 4 members (excludes halogenated alkanes) is 1. The zero-order valence-electron chi connectivity index (χ0n) is 26.6. The highest BCUT2D eigenvalue weighted by Gasteiger charge is 2.62. The van der Waals surface area contributed by atoms with Crippen LogP contribution in [0.15, 0.2) is 0 Å². The van der Waals surface area contributed by atoms with Crippen molar-refractivity contribution in [3.05, 3.63) is 0 Å². The average molecular weight is 577 g/mol. The second-order valence-corrected chi connectivity index (χ2v) is 15.0. The molecule has 0 heterocycles. The summed E-state index contributed by atoms with van der Waals surface area (Å²) >= 11 is 0. The Labute approximate surface area is 250 Å². The normalized spacial score (nSPS) is 39.0. The van der Waals surface area contributed by atoms with Crippen LogP contribution in [0.3, 0.4) is 0 Å². The number of hydrogen-bond donors (Lipinski definition) is 6. The number of nitrogens with two attached hydrogens (primary N) is 1. The lowest BCUT2D eigenvalue weighted by Crippen LogP contribution is -2.58. The van der Waals surface area contributed by atoms with Gasteiger partial charge in [-0.25, -0.2) is 0 Å². The Bertz CT molecular complexity index is 813. The van der Waals surface area contributed by atoms with Gasteiger partial charge in [-0.1, -0.05) is 20.8 Å². The van der Waals surface area contributed by atoms with E-state index in [0.29, 0.717) is 41.4 Å². The van der Waals surface area contributed by atoms with E-state index in [-0.39, 0.29) is 29.4 Å². The van der Waals surface area contributed by atoms with Crippen LogP contribution in [-0.4, -0.2) is 67.6 Å². The second-order valence-electron chi connectivity index (χ2n) is 15.0. The van der Waals surface area contributed by atoms with Crippen molar-refractivity contribution in [2.45, 2.75) is 123 Å². The van der Waals surface area contributed by atoms with Crippen molar-refractivity contribution < 1.29 is 15.0 Å². The van der Waals surface area contributed by atoms with Gasteiger partial charge in [-0.2, -0.15) is 0 Å². The molecular weight excluding hydrogens is 512 g/mol. The van der Waals surface area contributed by atoms with Crippen LogP contribution < -0.4 is 21.7 Å². The summed E-state index contributed by atoms with van der Waals surface area (Å²) in [5.41, 5.74) is 6.02. The number of aliphatic hydroxyl groups excluding tert-OH is 2. The minimum atomic E-state index is -0.261. The summed E-state index contributed by atoms with van der Waals surface area (Å²) in [6.45, 7) is 13.0. The van der Waals surface area contributed by atoms with Crippen molar-refractivity contribution in [3.8, 4) is 0 Å². The molecule has 0 unspecified atom stereocenters. The Balaban J connectivity index is 1.14. The van der Waals surface area contributed by atoms with E-state index in [9.17, 15) is 15.0 Å². The molecule has 7 heteroatoms. The predicted molar refractivity (Wildman–Crippen MR) is 167 cm³/mol. The Kier molecular flexibility index (Phi) is 12.4. The molecule has 0 saturated heterocycles. The van der Waals surface area contributed by atoms with Crippen LogP contribution >= 0.6 is 0 Å². The molecular formula is C34H64N4O3. The highest BCUT2D eigenvalue weighted by atomic mass is 16.3. The molecule has 0 aromatic heterocycles. The molecule has 0 aliphatic heterocycles. The number of fused-ring (bicyclic) bond motifs is 5. The lowest BCUT2D eigenvalue weighted by atomic mass is 9.44. The molecule has 7 nitrogen and oxygen atoms in total. The van der Waals surface area contributed by atoms with Crippen molar-refractivity contribution in [1.29, 1.82) is 0 Å². The van der Waals surface area contributed by atoms with E-state index in [2.05, 4.69) is 36.7 Å². The monoisotopic (exact) mass is 576 g/mol. The third-order valence-corrected chi connectivity index (χ3v) is 12.6. The summed E-state index contributed by atoms with van der Waals surface area (Å²) in [6.07, 6.45) is 14.3. The van der Waals surface area contributed by atoms with Crippen molar-refractivity contribution in [3.63, 3.8) is 0 Å². The molecule has 0 radical (unpaired) electrons. The Morgan fingerprint density at radius 3 is 2.22 bits per heavy atom. The number of aliphatic hydroxyl groups is 2. The fourth-order valence-corrected chi connectivity index (χ4v) is 10.3. The van der Waals surface area contributed by atoms with Gasteiger partial charge >= 0.3 is 0 Å². The van der Waals surface area contributed by atoms with Gasteiger partial charge in [0.1, 0.15) is 0 Å². The van der Waals surface area contributed by atoms with Crippen molar-refractivity contribution in [2.75, 3.05) is 39.3 Å². The summed E-state index contributed by atoms with van der Waals surface area (Å²) in [5.74, 6) is 3.71. The number of nitrogens with one attached hydrogen (secondary N) is 3. The first kappa shape index (κ1) is 33.2. The Morgan fingerprint density at radius 2 is 1.49 bits per heavy atom. The first-order valence-electron chi connectivity index (χ1n) is 17.4. The molecule has 4 aliphatic rings. The largest absolute Gasteiger partial charge is 0.393 e. The minimum absolute atomic E-state index is 0.183. The van der Waals surface area contributed by atoms with E-state index < -0.39 is 0 Å². The molecule has 4 saturated carbocycles. The molecule has 0 spiro atoms. The molecule has 4 rings (SSSR count). The summed E-state index contributed by atoms with van der Waals surface area (Å²) in [4.78, 5) is 12.6. The van der Waals surface area contributed by atoms with E-state index in [1.165, 1.54) is 38.5 Å². The fraction of sp³-hybridized carbons (Fsp3) is 0.971. The lowest BCUT2D eigenvalue weighted by Gasteiger charge is -2.62. The standard InChI is InChI=1S/C34H64N4O3/c1-24(8-11-32(41)38-21-7-20-37-18-5-4-17-36-19-6-16-35)27-9-10-28-26-23-31(40)30-22-25(39)12-14-34(30,3)29(26)13-15-33(27,28)2/h24-31,36-37,39-40H,4-23,35H2,1-3H3,(H,38,41)/t24-,25-,26+,27-,28+,29+,30+,31+,33-,34-/m1/s1. The number of hydrogen-bond acceptors (Lipinski definition) is 6. The molecule has 4 aliphatic carbocycles. The van der Waals surface area contributed by atoms with Crippen LogP contribution in [0.5, 0.6) is 0 Å². The van der Waals surface area contributed by atoms with Crippen LogP contribution in [0.2, 0.25) is 0 Å². The van der Waals surface area contributed by atoms with Crippen molar-refractivity contribution >= 4 is 5.91 Å². The first-order valence-corrected chi connectivity index (χ1v) is 17.4. The topological polar surface area (TPSA) is 120 Å². The van der Waals surface area contributed by atoms with Gasteiger partial charge in [0.15, 0.2) is 0 Å². The van der Waals surface area contributed by atoms with Crippen LogP contribution in [0.25, 0.3) is 0 Å². The molecule has 0 bridgehead atoms. The average Bonchev–Trinajstić information content (AvgIpc) is 3.31. The van der Waals surface area contributed by atoms with Crippen molar-refractivity contribution in [1.82, 2.24) is 16.0 Å². The number of amides is 1. The molecule has 10 atom stereocenters. The van der Waals surface area contributed by atoms with Gasteiger partial charge in [0.05, 0.1) is 12.2 Å². The lowest BCUT2D eigenvalue weighted by molar-refractivity contribution is -0.172. The highest BCUT2D eigenvalue weighted by Crippen LogP contribution is 2.68. The van der Waals surface area contributed by atoms with Crippen LogP contribution in [0.4, 0.5) is 0 Å². The Morgan fingerprint density at radius 1 is 0.829 bits per heavy atom. The summed E-state index contributed by atoms with van der Waals surface area (Å²) in [7, 11) is 0. The maximum Gasteiger partial charge on any atom is 0.220 e. The SMILES string of the molecule is C[C@H](CCC(=O)NCCCNCCCCNCCCN)[C@H]1CC[C@H]2[C@@H]3C[C@H](O)[C@@H]4C[C@H](O)CC[C@]4(C)[C@H]3CC[C@]12C. The van der Waals surface area contributed by atoms with Gasteiger partial charge in [0, 0.05) is 13.0 Å². The summed E-state index contributed by atoms with van der Waals surface area (Å²) in [6, 6.07) is 0. The fourth-order valence-electron chi connectivity index (χ4n) is 10.3. The van der Waals surface area contributed by atoms with Gasteiger partial charge in [-0.05, 0) is 163 Å². The molecule has 0 aromatic carbocycles. The molecule has 4 fully saturated rings. The predicted octanol–water partition coefficient (Wildman–Crippen LogP) is 4.21. The third-order valence-electron chi connectivity index (χ3n) is 12.6. The minimum Gasteiger partial charge on any atom is -0.393 e. The maximum atomic E-state index is 12.6. The van der Waals surface area contributed by atoms with Crippen molar-refractivity contribution in [2.24, 2.45) is 52.1 Å². The van der Waals surface area contributed by atoms with E-state index in [4.69, 9.17) is 5.73 Å². The molecule has 238 valence electrons. The van der Waals surface area contributed by atoms with E-state index in [0.717, 1.165) is 84.2 Å². The molecule has 41 heavy (non-hydrogen) atoms. The number of carbonyl (C=O) groups is 1. The first-order chi connectivity index (χ1) is 19.7. The van der Waals surface area contributed by atoms with Gasteiger partial charge < -0.3 is 31.9 Å². The smallest absolute Gasteiger partial charge is 0.220 e. The van der Waals surface area contributed by atoms with Crippen LogP contribution in [-0.2, 0) is 4.79 Å². The maximum absolute atomic E-state index is 12.6. The van der Waals surface area contributed by atoms with E-state index in [1.807, 2.05) is 0 Å². The zero-order chi connectivity index (χ0) is 29.5. The molecule has 0 aromatic rings. The third kappa shape index (κ3) is 7.87. The van der Waals surface area contributed by atoms with Crippen LogP contribution in [0.1, 0.15) is 111 Å². The van der Waals surface area contributed by atoms with E-state index >= 15 is 0 Å². The van der Waals surface area contributed by atoms with Gasteiger partial charge in [0.2, 0.25) is 5.91 Å². The zero-order valence-corrected chi connectivity index (χ0v) is 26.6. The second kappa shape index (κ2) is 15.3. The van der Waals surface area contributed by atoms with E-state index in [1.54, 1.807) is 0 Å². The summed E-state index contributed by atoms with van der Waals surface area (Å²) in [5, 5.41) is 31.7.